The maximum Gasteiger partial charge on any atom is 0.227 e. The monoisotopic (exact) mass is 355 g/mol. The number of ether oxygens (including phenoxy) is 2. The molecule has 2 rings (SSSR count). The van der Waals surface area contributed by atoms with Crippen molar-refractivity contribution in [2.75, 3.05) is 21.3 Å². The molecule has 2 aromatic rings. The number of methoxy groups -OCH3 is 2. The highest BCUT2D eigenvalue weighted by molar-refractivity contribution is 5.94. The Kier molecular flexibility index (Phi) is 6.39. The molecule has 0 heterocycles. The first-order chi connectivity index (χ1) is 12.4. The van der Waals surface area contributed by atoms with E-state index in [1.165, 1.54) is 6.92 Å². The molecule has 0 saturated heterocycles. The van der Waals surface area contributed by atoms with Gasteiger partial charge in [-0.05, 0) is 49.7 Å². The van der Waals surface area contributed by atoms with E-state index in [9.17, 15) is 9.59 Å². The van der Waals surface area contributed by atoms with Crippen molar-refractivity contribution < 1.29 is 19.1 Å². The van der Waals surface area contributed by atoms with Gasteiger partial charge in [0.25, 0.3) is 0 Å². The first kappa shape index (κ1) is 19.5. The van der Waals surface area contributed by atoms with Crippen molar-refractivity contribution in [2.24, 2.45) is 0 Å². The van der Waals surface area contributed by atoms with Crippen LogP contribution in [0.1, 0.15) is 41.4 Å². The Hall–Kier alpha value is -2.82. The van der Waals surface area contributed by atoms with E-state index in [2.05, 4.69) is 0 Å². The molecule has 5 heteroatoms. The van der Waals surface area contributed by atoms with Crippen LogP contribution in [0.4, 0.5) is 0 Å². The van der Waals surface area contributed by atoms with Gasteiger partial charge in [0.1, 0.15) is 11.5 Å². The van der Waals surface area contributed by atoms with Gasteiger partial charge in [0.2, 0.25) is 5.91 Å². The van der Waals surface area contributed by atoms with Crippen LogP contribution in [0, 0.1) is 0 Å². The summed E-state index contributed by atoms with van der Waals surface area (Å²) in [5.41, 5.74) is 2.30. The van der Waals surface area contributed by atoms with E-state index in [4.69, 9.17) is 9.47 Å². The molecule has 1 amide bonds. The molecular weight excluding hydrogens is 330 g/mol. The molecule has 0 aliphatic carbocycles. The van der Waals surface area contributed by atoms with Crippen LogP contribution in [-0.4, -0.2) is 37.9 Å². The summed E-state index contributed by atoms with van der Waals surface area (Å²) in [5, 5.41) is 0. The number of rotatable bonds is 7. The lowest BCUT2D eigenvalue weighted by Crippen LogP contribution is -2.31. The molecule has 0 bridgehead atoms. The Balaban J connectivity index is 2.17. The van der Waals surface area contributed by atoms with Gasteiger partial charge in [-0.25, -0.2) is 0 Å². The van der Waals surface area contributed by atoms with Gasteiger partial charge in [0.15, 0.2) is 5.78 Å². The third-order valence-corrected chi connectivity index (χ3v) is 4.60. The van der Waals surface area contributed by atoms with Gasteiger partial charge in [-0.3, -0.25) is 9.59 Å². The molecule has 26 heavy (non-hydrogen) atoms. The predicted octanol–water partition coefficient (Wildman–Crippen LogP) is 3.67. The number of carbonyl (C=O) groups is 2. The van der Waals surface area contributed by atoms with E-state index in [-0.39, 0.29) is 24.2 Å². The van der Waals surface area contributed by atoms with Crippen molar-refractivity contribution in [3.8, 4) is 11.5 Å². The van der Waals surface area contributed by atoms with E-state index >= 15 is 0 Å². The maximum atomic E-state index is 12.8. The second kappa shape index (κ2) is 8.52. The standard InChI is InChI=1S/C21H25NO4/c1-14(16-6-9-19(25-4)10-7-16)22(3)21(24)13-18-12-17(15(2)23)8-11-20(18)26-5/h6-12,14H,13H2,1-5H3. The highest BCUT2D eigenvalue weighted by Gasteiger charge is 2.20. The van der Waals surface area contributed by atoms with E-state index in [0.29, 0.717) is 16.9 Å². The lowest BCUT2D eigenvalue weighted by molar-refractivity contribution is -0.131. The molecule has 0 aliphatic rings. The van der Waals surface area contributed by atoms with Crippen molar-refractivity contribution in [3.05, 3.63) is 59.2 Å². The summed E-state index contributed by atoms with van der Waals surface area (Å²) < 4.78 is 10.5. The Bertz CT molecular complexity index is 783. The smallest absolute Gasteiger partial charge is 0.227 e. The lowest BCUT2D eigenvalue weighted by Gasteiger charge is -2.26. The predicted molar refractivity (Wildman–Crippen MR) is 101 cm³/mol. The fourth-order valence-corrected chi connectivity index (χ4v) is 2.75. The number of benzene rings is 2. The minimum atomic E-state index is -0.0876. The average Bonchev–Trinajstić information content (AvgIpc) is 2.66. The largest absolute Gasteiger partial charge is 0.497 e. The SMILES string of the molecule is COc1ccc(C(C)N(C)C(=O)Cc2cc(C(C)=O)ccc2OC)cc1. The van der Waals surface area contributed by atoms with Crippen LogP contribution in [0.2, 0.25) is 0 Å². The Morgan fingerprint density at radius 1 is 1.04 bits per heavy atom. The van der Waals surface area contributed by atoms with Gasteiger partial charge in [-0.1, -0.05) is 12.1 Å². The van der Waals surface area contributed by atoms with E-state index < -0.39 is 0 Å². The van der Waals surface area contributed by atoms with Gasteiger partial charge in [-0.15, -0.1) is 0 Å². The normalized spacial score (nSPS) is 11.6. The van der Waals surface area contributed by atoms with Gasteiger partial charge < -0.3 is 14.4 Å². The third kappa shape index (κ3) is 4.42. The van der Waals surface area contributed by atoms with Crippen molar-refractivity contribution >= 4 is 11.7 Å². The fraction of sp³-hybridized carbons (Fsp3) is 0.333. The Labute approximate surface area is 154 Å². The summed E-state index contributed by atoms with van der Waals surface area (Å²) in [5.74, 6) is 1.29. The molecule has 1 unspecified atom stereocenters. The third-order valence-electron chi connectivity index (χ3n) is 4.60. The summed E-state index contributed by atoms with van der Waals surface area (Å²) in [6.45, 7) is 3.48. The molecule has 0 radical (unpaired) electrons. The second-order valence-electron chi connectivity index (χ2n) is 6.21. The van der Waals surface area contributed by atoms with E-state index in [1.54, 1.807) is 44.4 Å². The van der Waals surface area contributed by atoms with Crippen LogP contribution < -0.4 is 9.47 Å². The summed E-state index contributed by atoms with van der Waals surface area (Å²) in [7, 11) is 4.95. The molecule has 0 aliphatic heterocycles. The Morgan fingerprint density at radius 3 is 2.23 bits per heavy atom. The molecule has 0 N–H and O–H groups in total. The number of hydrogen-bond acceptors (Lipinski definition) is 4. The first-order valence-electron chi connectivity index (χ1n) is 8.44. The van der Waals surface area contributed by atoms with Crippen LogP contribution in [0.3, 0.4) is 0 Å². The van der Waals surface area contributed by atoms with Gasteiger partial charge in [0, 0.05) is 18.2 Å². The maximum absolute atomic E-state index is 12.8. The van der Waals surface area contributed by atoms with Gasteiger partial charge in [0.05, 0.1) is 26.7 Å². The van der Waals surface area contributed by atoms with Crippen molar-refractivity contribution in [3.63, 3.8) is 0 Å². The van der Waals surface area contributed by atoms with E-state index in [1.807, 2.05) is 31.2 Å². The molecule has 0 saturated carbocycles. The molecule has 0 aromatic heterocycles. The highest BCUT2D eigenvalue weighted by Crippen LogP contribution is 2.25. The summed E-state index contributed by atoms with van der Waals surface area (Å²) in [6.07, 6.45) is 0.168. The number of hydrogen-bond donors (Lipinski definition) is 0. The van der Waals surface area contributed by atoms with Crippen LogP contribution >= 0.6 is 0 Å². The summed E-state index contributed by atoms with van der Waals surface area (Å²) in [6, 6.07) is 12.7. The molecular formula is C21H25NO4. The molecule has 0 fully saturated rings. The molecule has 138 valence electrons. The Morgan fingerprint density at radius 2 is 1.69 bits per heavy atom. The van der Waals surface area contributed by atoms with Crippen LogP contribution in [0.25, 0.3) is 0 Å². The average molecular weight is 355 g/mol. The first-order valence-corrected chi connectivity index (χ1v) is 8.44. The molecule has 2 aromatic carbocycles. The zero-order valence-corrected chi connectivity index (χ0v) is 15.9. The topological polar surface area (TPSA) is 55.8 Å². The number of Topliss-reactive ketones (excluding diaryl/α,β-unsaturated/α-hetero) is 1. The summed E-state index contributed by atoms with van der Waals surface area (Å²) >= 11 is 0. The minimum Gasteiger partial charge on any atom is -0.497 e. The molecule has 0 spiro atoms. The molecule has 1 atom stereocenters. The quantitative estimate of drug-likeness (QED) is 0.711. The molecule has 5 nitrogen and oxygen atoms in total. The zero-order chi connectivity index (χ0) is 19.3. The van der Waals surface area contributed by atoms with Crippen molar-refractivity contribution in [1.29, 1.82) is 0 Å². The lowest BCUT2D eigenvalue weighted by atomic mass is 10.0. The second-order valence-corrected chi connectivity index (χ2v) is 6.21. The van der Waals surface area contributed by atoms with Crippen molar-refractivity contribution in [1.82, 2.24) is 4.90 Å². The summed E-state index contributed by atoms with van der Waals surface area (Å²) in [4.78, 5) is 26.1. The zero-order valence-electron chi connectivity index (χ0n) is 15.9. The number of likely N-dealkylation sites (N-methyl/N-ethyl adjacent to an activating group) is 1. The highest BCUT2D eigenvalue weighted by atomic mass is 16.5. The number of amides is 1. The number of carbonyl (C=O) groups excluding carboxylic acids is 2. The van der Waals surface area contributed by atoms with Gasteiger partial charge in [-0.2, -0.15) is 0 Å². The minimum absolute atomic E-state index is 0.0405. The fourth-order valence-electron chi connectivity index (χ4n) is 2.75. The number of ketones is 1. The van der Waals surface area contributed by atoms with Crippen LogP contribution in [0.15, 0.2) is 42.5 Å². The van der Waals surface area contributed by atoms with Gasteiger partial charge >= 0.3 is 0 Å². The van der Waals surface area contributed by atoms with E-state index in [0.717, 1.165) is 11.3 Å². The van der Waals surface area contributed by atoms with Crippen LogP contribution in [-0.2, 0) is 11.2 Å². The van der Waals surface area contributed by atoms with Crippen LogP contribution in [0.5, 0.6) is 11.5 Å². The number of nitrogens with zero attached hydrogens (tertiary/aromatic N) is 1. The van der Waals surface area contributed by atoms with Crippen molar-refractivity contribution in [2.45, 2.75) is 26.3 Å².